The molecular weight excluding hydrogens is 346 g/mol. The van der Waals surface area contributed by atoms with E-state index in [9.17, 15) is 9.59 Å². The number of hydrogen-bond acceptors (Lipinski definition) is 2. The molecule has 3 heteroatoms. The lowest BCUT2D eigenvalue weighted by molar-refractivity contribution is -0.109. The van der Waals surface area contributed by atoms with E-state index in [1.165, 1.54) is 5.56 Å². The summed E-state index contributed by atoms with van der Waals surface area (Å²) in [7, 11) is 1.83. The van der Waals surface area contributed by atoms with E-state index in [1.807, 2.05) is 79.8 Å². The highest BCUT2D eigenvalue weighted by molar-refractivity contribution is 5.94. The fourth-order valence-electron chi connectivity index (χ4n) is 3.25. The predicted molar refractivity (Wildman–Crippen MR) is 112 cm³/mol. The number of likely N-dealkylation sites (N-methyl/N-ethyl adjacent to an activating group) is 1. The molecule has 0 spiro atoms. The third kappa shape index (κ3) is 5.17. The van der Waals surface area contributed by atoms with Gasteiger partial charge >= 0.3 is 0 Å². The van der Waals surface area contributed by atoms with Crippen LogP contribution >= 0.6 is 0 Å². The summed E-state index contributed by atoms with van der Waals surface area (Å²) in [5, 5.41) is 0. The molecule has 1 amide bonds. The minimum Gasteiger partial charge on any atom is -0.341 e. The highest BCUT2D eigenvalue weighted by atomic mass is 16.2. The zero-order valence-electron chi connectivity index (χ0n) is 16.1. The van der Waals surface area contributed by atoms with Crippen molar-refractivity contribution in [3.8, 4) is 0 Å². The number of carbonyl (C=O) groups is 2. The first-order chi connectivity index (χ1) is 13.7. The molecule has 28 heavy (non-hydrogen) atoms. The molecule has 0 aliphatic rings. The Kier molecular flexibility index (Phi) is 6.74. The molecule has 0 aromatic heterocycles. The lowest BCUT2D eigenvalue weighted by Crippen LogP contribution is -2.28. The van der Waals surface area contributed by atoms with Crippen LogP contribution in [0.2, 0.25) is 0 Å². The van der Waals surface area contributed by atoms with Crippen molar-refractivity contribution < 1.29 is 9.59 Å². The molecule has 0 fully saturated rings. The molecule has 3 aromatic rings. The fourth-order valence-corrected chi connectivity index (χ4v) is 3.25. The summed E-state index contributed by atoms with van der Waals surface area (Å²) in [6, 6.07) is 27.5. The van der Waals surface area contributed by atoms with Gasteiger partial charge in [-0.05, 0) is 41.7 Å². The molecule has 0 radical (unpaired) electrons. The molecule has 0 saturated carbocycles. The summed E-state index contributed by atoms with van der Waals surface area (Å²) in [6.45, 7) is 0.672. The standard InChI is InChI=1S/C25H25NO2/c1-26(17-16-20-8-4-2-5-9-20)25(28)23-14-12-21(13-15-23)18-24(19-27)22-10-6-3-7-11-22/h2-15,19,24H,16-18H2,1H3. The normalized spacial score (nSPS) is 11.6. The Balaban J connectivity index is 1.59. The van der Waals surface area contributed by atoms with E-state index < -0.39 is 0 Å². The molecule has 3 nitrogen and oxygen atoms in total. The molecule has 0 heterocycles. The molecule has 0 bridgehead atoms. The number of amides is 1. The van der Waals surface area contributed by atoms with Crippen LogP contribution in [0, 0.1) is 0 Å². The minimum absolute atomic E-state index is 0.0116. The molecule has 0 aliphatic heterocycles. The van der Waals surface area contributed by atoms with Crippen molar-refractivity contribution in [1.82, 2.24) is 4.90 Å². The second kappa shape index (κ2) is 9.65. The number of nitrogens with zero attached hydrogens (tertiary/aromatic N) is 1. The number of carbonyl (C=O) groups excluding carboxylic acids is 2. The van der Waals surface area contributed by atoms with Crippen LogP contribution in [0.3, 0.4) is 0 Å². The summed E-state index contributed by atoms with van der Waals surface area (Å²) in [4.78, 5) is 25.9. The van der Waals surface area contributed by atoms with Crippen molar-refractivity contribution in [2.24, 2.45) is 0 Å². The van der Waals surface area contributed by atoms with Crippen molar-refractivity contribution in [1.29, 1.82) is 0 Å². The molecule has 1 atom stereocenters. The maximum atomic E-state index is 12.6. The van der Waals surface area contributed by atoms with Crippen LogP contribution in [0.4, 0.5) is 0 Å². The van der Waals surface area contributed by atoms with Crippen molar-refractivity contribution in [2.45, 2.75) is 18.8 Å². The largest absolute Gasteiger partial charge is 0.341 e. The van der Waals surface area contributed by atoms with Crippen molar-refractivity contribution in [3.63, 3.8) is 0 Å². The van der Waals surface area contributed by atoms with Gasteiger partial charge in [-0.1, -0.05) is 72.8 Å². The van der Waals surface area contributed by atoms with Crippen LogP contribution < -0.4 is 0 Å². The summed E-state index contributed by atoms with van der Waals surface area (Å²) < 4.78 is 0. The SMILES string of the molecule is CN(CCc1ccccc1)C(=O)c1ccc(CC(C=O)c2ccccc2)cc1. The zero-order valence-corrected chi connectivity index (χ0v) is 16.1. The smallest absolute Gasteiger partial charge is 0.253 e. The average Bonchev–Trinajstić information content (AvgIpc) is 2.77. The van der Waals surface area contributed by atoms with Gasteiger partial charge in [0, 0.05) is 25.1 Å². The second-order valence-electron chi connectivity index (χ2n) is 7.02. The zero-order chi connectivity index (χ0) is 19.8. The molecule has 3 aromatic carbocycles. The van der Waals surface area contributed by atoms with E-state index in [2.05, 4.69) is 12.1 Å². The summed E-state index contributed by atoms with van der Waals surface area (Å²) in [5.74, 6) is -0.159. The number of rotatable bonds is 8. The topological polar surface area (TPSA) is 37.4 Å². The second-order valence-corrected chi connectivity index (χ2v) is 7.02. The van der Waals surface area contributed by atoms with Crippen LogP contribution in [0.5, 0.6) is 0 Å². The van der Waals surface area contributed by atoms with Crippen molar-refractivity contribution >= 4 is 12.2 Å². The van der Waals surface area contributed by atoms with E-state index in [0.717, 1.165) is 23.8 Å². The fraction of sp³-hybridized carbons (Fsp3) is 0.200. The van der Waals surface area contributed by atoms with Gasteiger partial charge in [0.15, 0.2) is 0 Å². The molecule has 3 rings (SSSR count). The van der Waals surface area contributed by atoms with Gasteiger partial charge in [0.25, 0.3) is 5.91 Å². The Morgan fingerprint density at radius 1 is 0.857 bits per heavy atom. The number of aldehydes is 1. The lowest BCUT2D eigenvalue weighted by atomic mass is 9.93. The van der Waals surface area contributed by atoms with Crippen LogP contribution in [0.25, 0.3) is 0 Å². The van der Waals surface area contributed by atoms with Gasteiger partial charge in [-0.15, -0.1) is 0 Å². The van der Waals surface area contributed by atoms with Crippen molar-refractivity contribution in [3.05, 3.63) is 107 Å². The predicted octanol–water partition coefficient (Wildman–Crippen LogP) is 4.53. The minimum atomic E-state index is -0.170. The Bertz CT molecular complexity index is 889. The monoisotopic (exact) mass is 371 g/mol. The van der Waals surface area contributed by atoms with Gasteiger partial charge in [0.05, 0.1) is 0 Å². The third-order valence-electron chi connectivity index (χ3n) is 4.97. The average molecular weight is 371 g/mol. The van der Waals surface area contributed by atoms with Crippen LogP contribution in [-0.2, 0) is 17.6 Å². The van der Waals surface area contributed by atoms with E-state index in [-0.39, 0.29) is 11.8 Å². The quantitative estimate of drug-likeness (QED) is 0.546. The summed E-state index contributed by atoms with van der Waals surface area (Å²) in [6.07, 6.45) is 2.46. The van der Waals surface area contributed by atoms with Crippen LogP contribution in [0.1, 0.15) is 33.0 Å². The highest BCUT2D eigenvalue weighted by Crippen LogP contribution is 2.19. The maximum absolute atomic E-state index is 12.6. The molecule has 0 N–H and O–H groups in total. The lowest BCUT2D eigenvalue weighted by Gasteiger charge is -2.18. The first-order valence-electron chi connectivity index (χ1n) is 9.56. The maximum Gasteiger partial charge on any atom is 0.253 e. The van der Waals surface area contributed by atoms with E-state index in [1.54, 1.807) is 4.90 Å². The van der Waals surface area contributed by atoms with Crippen molar-refractivity contribution in [2.75, 3.05) is 13.6 Å². The Labute approximate surface area is 166 Å². The highest BCUT2D eigenvalue weighted by Gasteiger charge is 2.14. The Hall–Kier alpha value is -3.20. The molecule has 0 aliphatic carbocycles. The van der Waals surface area contributed by atoms with Gasteiger partial charge in [0.2, 0.25) is 0 Å². The van der Waals surface area contributed by atoms with E-state index in [0.29, 0.717) is 18.5 Å². The van der Waals surface area contributed by atoms with Crippen LogP contribution in [0.15, 0.2) is 84.9 Å². The van der Waals surface area contributed by atoms with Gasteiger partial charge in [-0.2, -0.15) is 0 Å². The Morgan fingerprint density at radius 3 is 2.07 bits per heavy atom. The molecule has 142 valence electrons. The van der Waals surface area contributed by atoms with Crippen LogP contribution in [-0.4, -0.2) is 30.7 Å². The van der Waals surface area contributed by atoms with Gasteiger partial charge in [-0.25, -0.2) is 0 Å². The van der Waals surface area contributed by atoms with Gasteiger partial charge in [0.1, 0.15) is 6.29 Å². The number of benzene rings is 3. The third-order valence-corrected chi connectivity index (χ3v) is 4.97. The van der Waals surface area contributed by atoms with Gasteiger partial charge < -0.3 is 9.69 Å². The molecular formula is C25H25NO2. The van der Waals surface area contributed by atoms with Gasteiger partial charge in [-0.3, -0.25) is 4.79 Å². The first kappa shape index (κ1) is 19.6. The van der Waals surface area contributed by atoms with E-state index in [4.69, 9.17) is 0 Å². The number of hydrogen-bond donors (Lipinski definition) is 0. The first-order valence-corrected chi connectivity index (χ1v) is 9.56. The Morgan fingerprint density at radius 2 is 1.46 bits per heavy atom. The van der Waals surface area contributed by atoms with E-state index >= 15 is 0 Å². The summed E-state index contributed by atoms with van der Waals surface area (Å²) in [5.41, 5.74) is 3.95. The summed E-state index contributed by atoms with van der Waals surface area (Å²) >= 11 is 0. The molecule has 0 saturated heterocycles. The molecule has 1 unspecified atom stereocenters.